The molecule has 0 aliphatic heterocycles. The zero-order valence-electron chi connectivity index (χ0n) is 8.54. The van der Waals surface area contributed by atoms with Gasteiger partial charge in [-0.25, -0.2) is 4.39 Å². The van der Waals surface area contributed by atoms with Gasteiger partial charge in [-0.15, -0.1) is 0 Å². The van der Waals surface area contributed by atoms with E-state index in [9.17, 15) is 9.18 Å². The largest absolute Gasteiger partial charge is 0.325 e. The monoisotopic (exact) mass is 206 g/mol. The van der Waals surface area contributed by atoms with Gasteiger partial charge in [-0.2, -0.15) is 5.26 Å². The SMILES string of the molecule is Cc1ccc(NC(=O)C(C)C#N)cc1F. The minimum atomic E-state index is -0.741. The zero-order valence-corrected chi connectivity index (χ0v) is 8.54. The zero-order chi connectivity index (χ0) is 11.4. The predicted octanol–water partition coefficient (Wildman–Crippen LogP) is 2.23. The van der Waals surface area contributed by atoms with Gasteiger partial charge in [-0.05, 0) is 31.5 Å². The number of rotatable bonds is 2. The molecule has 4 heteroatoms. The maximum Gasteiger partial charge on any atom is 0.241 e. The van der Waals surface area contributed by atoms with Crippen molar-refractivity contribution in [1.29, 1.82) is 5.26 Å². The second-order valence-electron chi connectivity index (χ2n) is 3.30. The van der Waals surface area contributed by atoms with Crippen LogP contribution in [-0.2, 0) is 4.79 Å². The molecule has 15 heavy (non-hydrogen) atoms. The summed E-state index contributed by atoms with van der Waals surface area (Å²) in [7, 11) is 0. The summed E-state index contributed by atoms with van der Waals surface area (Å²) in [6.07, 6.45) is 0. The molecule has 0 aliphatic rings. The first kappa shape index (κ1) is 11.2. The molecule has 0 fully saturated rings. The molecule has 0 bridgehead atoms. The van der Waals surface area contributed by atoms with Gasteiger partial charge >= 0.3 is 0 Å². The molecule has 0 saturated heterocycles. The van der Waals surface area contributed by atoms with Crippen molar-refractivity contribution in [2.24, 2.45) is 5.92 Å². The summed E-state index contributed by atoms with van der Waals surface area (Å²) in [4.78, 5) is 11.3. The number of hydrogen-bond acceptors (Lipinski definition) is 2. The van der Waals surface area contributed by atoms with E-state index in [0.717, 1.165) is 0 Å². The predicted molar refractivity (Wildman–Crippen MR) is 54.5 cm³/mol. The van der Waals surface area contributed by atoms with Crippen LogP contribution in [0.1, 0.15) is 12.5 Å². The third-order valence-electron chi connectivity index (χ3n) is 2.03. The van der Waals surface area contributed by atoms with Crippen LogP contribution in [-0.4, -0.2) is 5.91 Å². The lowest BCUT2D eigenvalue weighted by Crippen LogP contribution is -2.18. The Morgan fingerprint density at radius 1 is 1.60 bits per heavy atom. The number of amides is 1. The first-order valence-corrected chi connectivity index (χ1v) is 4.51. The first-order valence-electron chi connectivity index (χ1n) is 4.51. The van der Waals surface area contributed by atoms with E-state index in [0.29, 0.717) is 11.3 Å². The first-order chi connectivity index (χ1) is 7.04. The van der Waals surface area contributed by atoms with E-state index in [-0.39, 0.29) is 5.82 Å². The molecule has 1 atom stereocenters. The van der Waals surface area contributed by atoms with Crippen LogP contribution in [0, 0.1) is 30.0 Å². The summed E-state index contributed by atoms with van der Waals surface area (Å²) in [5.74, 6) is -1.55. The number of nitrogens with zero attached hydrogens (tertiary/aromatic N) is 1. The molecular formula is C11H11FN2O. The van der Waals surface area contributed by atoms with Crippen LogP contribution in [0.5, 0.6) is 0 Å². The van der Waals surface area contributed by atoms with Gasteiger partial charge in [0.2, 0.25) is 5.91 Å². The van der Waals surface area contributed by atoms with Gasteiger partial charge in [0, 0.05) is 5.69 Å². The van der Waals surface area contributed by atoms with Crippen molar-refractivity contribution in [1.82, 2.24) is 0 Å². The number of benzene rings is 1. The minimum Gasteiger partial charge on any atom is -0.325 e. The Kier molecular flexibility index (Phi) is 3.40. The quantitative estimate of drug-likeness (QED) is 0.806. The highest BCUT2D eigenvalue weighted by Crippen LogP contribution is 2.14. The van der Waals surface area contributed by atoms with Crippen molar-refractivity contribution in [2.45, 2.75) is 13.8 Å². The number of carbonyl (C=O) groups excluding carboxylic acids is 1. The van der Waals surface area contributed by atoms with E-state index >= 15 is 0 Å². The van der Waals surface area contributed by atoms with Crippen molar-refractivity contribution < 1.29 is 9.18 Å². The van der Waals surface area contributed by atoms with E-state index in [1.807, 2.05) is 0 Å². The number of hydrogen-bond donors (Lipinski definition) is 1. The van der Waals surface area contributed by atoms with Gasteiger partial charge in [0.25, 0.3) is 0 Å². The maximum absolute atomic E-state index is 13.1. The number of anilines is 1. The van der Waals surface area contributed by atoms with Crippen LogP contribution in [0.2, 0.25) is 0 Å². The maximum atomic E-state index is 13.1. The summed E-state index contributed by atoms with van der Waals surface area (Å²) >= 11 is 0. The third kappa shape index (κ3) is 2.78. The van der Waals surface area contributed by atoms with Gasteiger partial charge in [0.15, 0.2) is 0 Å². The highest BCUT2D eigenvalue weighted by atomic mass is 19.1. The van der Waals surface area contributed by atoms with E-state index < -0.39 is 11.8 Å². The van der Waals surface area contributed by atoms with E-state index in [1.165, 1.54) is 13.0 Å². The molecule has 0 heterocycles. The van der Waals surface area contributed by atoms with Crippen LogP contribution in [0.3, 0.4) is 0 Å². The topological polar surface area (TPSA) is 52.9 Å². The molecular weight excluding hydrogens is 195 g/mol. The molecule has 0 spiro atoms. The van der Waals surface area contributed by atoms with Gasteiger partial charge in [-0.1, -0.05) is 6.07 Å². The lowest BCUT2D eigenvalue weighted by Gasteiger charge is -2.06. The molecule has 0 aromatic heterocycles. The Hall–Kier alpha value is -1.89. The van der Waals surface area contributed by atoms with Crippen molar-refractivity contribution in [3.05, 3.63) is 29.6 Å². The Bertz CT molecular complexity index is 423. The van der Waals surface area contributed by atoms with Crippen molar-refractivity contribution >= 4 is 11.6 Å². The molecule has 78 valence electrons. The van der Waals surface area contributed by atoms with E-state index in [4.69, 9.17) is 5.26 Å². The Balaban J connectivity index is 2.78. The van der Waals surface area contributed by atoms with Crippen molar-refractivity contribution in [2.75, 3.05) is 5.32 Å². The number of carbonyl (C=O) groups is 1. The van der Waals surface area contributed by atoms with Gasteiger partial charge in [0.1, 0.15) is 11.7 Å². The summed E-state index contributed by atoms with van der Waals surface area (Å²) in [5, 5.41) is 11.0. The van der Waals surface area contributed by atoms with Crippen LogP contribution in [0.25, 0.3) is 0 Å². The fourth-order valence-electron chi connectivity index (χ4n) is 0.980. The standard InChI is InChI=1S/C11H11FN2O/c1-7-3-4-9(5-10(7)12)14-11(15)8(2)6-13/h3-5,8H,1-2H3,(H,14,15). The lowest BCUT2D eigenvalue weighted by molar-refractivity contribution is -0.117. The molecule has 0 saturated carbocycles. The third-order valence-corrected chi connectivity index (χ3v) is 2.03. The van der Waals surface area contributed by atoms with Gasteiger partial charge < -0.3 is 5.32 Å². The Labute approximate surface area is 87.5 Å². The van der Waals surface area contributed by atoms with E-state index in [2.05, 4.69) is 5.32 Å². The van der Waals surface area contributed by atoms with Crippen LogP contribution < -0.4 is 5.32 Å². The summed E-state index contributed by atoms with van der Waals surface area (Å²) < 4.78 is 13.1. The average molecular weight is 206 g/mol. The second-order valence-corrected chi connectivity index (χ2v) is 3.30. The highest BCUT2D eigenvalue weighted by molar-refractivity contribution is 5.93. The Morgan fingerprint density at radius 3 is 2.80 bits per heavy atom. The fourth-order valence-corrected chi connectivity index (χ4v) is 0.980. The van der Waals surface area contributed by atoms with E-state index in [1.54, 1.807) is 25.1 Å². The van der Waals surface area contributed by atoms with Crippen molar-refractivity contribution in [3.8, 4) is 6.07 Å². The number of halogens is 1. The second kappa shape index (κ2) is 4.56. The molecule has 1 amide bonds. The highest BCUT2D eigenvalue weighted by Gasteiger charge is 2.11. The van der Waals surface area contributed by atoms with Crippen LogP contribution in [0.15, 0.2) is 18.2 Å². The molecule has 1 aromatic carbocycles. The lowest BCUT2D eigenvalue weighted by atomic mass is 10.1. The van der Waals surface area contributed by atoms with Crippen molar-refractivity contribution in [3.63, 3.8) is 0 Å². The number of aryl methyl sites for hydroxylation is 1. The van der Waals surface area contributed by atoms with Gasteiger partial charge in [-0.3, -0.25) is 4.79 Å². The van der Waals surface area contributed by atoms with Crippen LogP contribution in [0.4, 0.5) is 10.1 Å². The molecule has 0 aliphatic carbocycles. The van der Waals surface area contributed by atoms with Gasteiger partial charge in [0.05, 0.1) is 6.07 Å². The molecule has 0 radical (unpaired) electrons. The smallest absolute Gasteiger partial charge is 0.241 e. The Morgan fingerprint density at radius 2 is 2.27 bits per heavy atom. The summed E-state index contributed by atoms with van der Waals surface area (Å²) in [6, 6.07) is 6.21. The average Bonchev–Trinajstić information content (AvgIpc) is 2.22. The molecule has 1 rings (SSSR count). The number of nitrogens with one attached hydrogen (secondary N) is 1. The molecule has 1 unspecified atom stereocenters. The normalized spacial score (nSPS) is 11.6. The van der Waals surface area contributed by atoms with Crippen LogP contribution >= 0.6 is 0 Å². The minimum absolute atomic E-state index is 0.366. The summed E-state index contributed by atoms with van der Waals surface area (Å²) in [5.41, 5.74) is 0.881. The fraction of sp³-hybridized carbons (Fsp3) is 0.273. The number of nitriles is 1. The molecule has 3 nitrogen and oxygen atoms in total. The summed E-state index contributed by atoms with van der Waals surface area (Å²) in [6.45, 7) is 3.12. The molecule has 1 N–H and O–H groups in total. The molecule has 1 aromatic rings.